The van der Waals surface area contributed by atoms with Crippen LogP contribution in [0.1, 0.15) is 59.7 Å². The van der Waals surface area contributed by atoms with E-state index in [1.165, 1.54) is 5.56 Å². The van der Waals surface area contributed by atoms with Crippen molar-refractivity contribution in [2.75, 3.05) is 0 Å². The van der Waals surface area contributed by atoms with Gasteiger partial charge in [-0.2, -0.15) is 5.26 Å². The lowest BCUT2D eigenvalue weighted by Gasteiger charge is -2.27. The zero-order chi connectivity index (χ0) is 18.4. The second kappa shape index (κ2) is 6.07. The molecule has 2 atom stereocenters. The number of hydrogen-bond donors (Lipinski definition) is 0. The molecule has 1 heterocycles. The van der Waals surface area contributed by atoms with Crippen LogP contribution >= 0.6 is 0 Å². The first-order valence-electron chi connectivity index (χ1n) is 8.96. The highest BCUT2D eigenvalue weighted by Crippen LogP contribution is 2.47. The zero-order valence-electron chi connectivity index (χ0n) is 15.2. The minimum atomic E-state index is -0.420. The predicted molar refractivity (Wildman–Crippen MR) is 103 cm³/mol. The average molecular weight is 340 g/mol. The first-order valence-corrected chi connectivity index (χ1v) is 8.96. The molecule has 0 radical (unpaired) electrons. The monoisotopic (exact) mass is 340 g/mol. The molecule has 0 bridgehead atoms. The van der Waals surface area contributed by atoms with Crippen molar-refractivity contribution in [3.05, 3.63) is 76.4 Å². The quantitative estimate of drug-likeness (QED) is 0.762. The van der Waals surface area contributed by atoms with Gasteiger partial charge in [0, 0.05) is 28.3 Å². The molecule has 2 aromatic rings. The van der Waals surface area contributed by atoms with Crippen LogP contribution < -0.4 is 0 Å². The number of fused-ring (bicyclic) bond motifs is 2. The van der Waals surface area contributed by atoms with Crippen molar-refractivity contribution in [3.63, 3.8) is 0 Å². The largest absolute Gasteiger partial charge is 0.289 e. The van der Waals surface area contributed by atoms with Gasteiger partial charge in [-0.1, -0.05) is 62.4 Å². The molecular formula is C23H20N2O. The predicted octanol–water partition coefficient (Wildman–Crippen LogP) is 5.12. The second-order valence-electron chi connectivity index (χ2n) is 7.30. The third-order valence-electron chi connectivity index (χ3n) is 5.41. The highest BCUT2D eigenvalue weighted by atomic mass is 16.1. The summed E-state index contributed by atoms with van der Waals surface area (Å²) >= 11 is 0. The summed E-state index contributed by atoms with van der Waals surface area (Å²) < 4.78 is 0. The lowest BCUT2D eigenvalue weighted by molar-refractivity contribution is 0.103. The molecule has 128 valence electrons. The van der Waals surface area contributed by atoms with Crippen LogP contribution in [0.25, 0.3) is 5.70 Å². The van der Waals surface area contributed by atoms with Crippen molar-refractivity contribution in [1.29, 1.82) is 5.26 Å². The topological polar surface area (TPSA) is 53.2 Å². The molecule has 0 amide bonds. The van der Waals surface area contributed by atoms with Gasteiger partial charge < -0.3 is 0 Å². The Kier molecular flexibility index (Phi) is 3.85. The number of nitriles is 1. The molecular weight excluding hydrogens is 320 g/mol. The molecule has 1 aliphatic heterocycles. The molecule has 2 aliphatic rings. The van der Waals surface area contributed by atoms with E-state index in [0.717, 1.165) is 22.5 Å². The molecule has 1 unspecified atom stereocenters. The molecule has 0 saturated heterocycles. The number of aliphatic imine (C=N–C) groups is 1. The zero-order valence-corrected chi connectivity index (χ0v) is 15.2. The highest BCUT2D eigenvalue weighted by Gasteiger charge is 2.42. The van der Waals surface area contributed by atoms with E-state index < -0.39 is 5.92 Å². The molecule has 4 rings (SSSR count). The molecule has 0 aromatic heterocycles. The Morgan fingerprint density at radius 2 is 1.69 bits per heavy atom. The Morgan fingerprint density at radius 1 is 1.04 bits per heavy atom. The van der Waals surface area contributed by atoms with Gasteiger partial charge in [0.15, 0.2) is 5.78 Å². The summed E-state index contributed by atoms with van der Waals surface area (Å²) in [4.78, 5) is 17.8. The third kappa shape index (κ3) is 2.34. The summed E-state index contributed by atoms with van der Waals surface area (Å²) in [6.07, 6.45) is 0. The van der Waals surface area contributed by atoms with Crippen molar-refractivity contribution in [2.45, 2.75) is 32.6 Å². The Balaban J connectivity index is 1.89. The third-order valence-corrected chi connectivity index (χ3v) is 5.41. The smallest absolute Gasteiger partial charge is 0.192 e. The molecule has 0 fully saturated rings. The lowest BCUT2D eigenvalue weighted by Crippen LogP contribution is -2.26. The lowest BCUT2D eigenvalue weighted by atomic mass is 9.75. The summed E-state index contributed by atoms with van der Waals surface area (Å²) in [7, 11) is 0. The van der Waals surface area contributed by atoms with Gasteiger partial charge in [0.1, 0.15) is 0 Å². The van der Waals surface area contributed by atoms with Crippen LogP contribution in [0.5, 0.6) is 0 Å². The molecule has 3 heteroatoms. The number of hydrogen-bond acceptors (Lipinski definition) is 3. The van der Waals surface area contributed by atoms with Gasteiger partial charge in [-0.15, -0.1) is 0 Å². The molecule has 1 aliphatic carbocycles. The Labute approximate surface area is 153 Å². The van der Waals surface area contributed by atoms with Gasteiger partial charge >= 0.3 is 0 Å². The number of allylic oxidation sites excluding steroid dienone is 1. The fraction of sp³-hybridized carbons (Fsp3) is 0.261. The van der Waals surface area contributed by atoms with Crippen LogP contribution in [0.15, 0.2) is 59.1 Å². The van der Waals surface area contributed by atoms with E-state index in [9.17, 15) is 10.1 Å². The van der Waals surface area contributed by atoms with E-state index in [1.807, 2.05) is 31.2 Å². The van der Waals surface area contributed by atoms with Crippen molar-refractivity contribution < 1.29 is 4.79 Å². The normalized spacial score (nSPS) is 21.3. The van der Waals surface area contributed by atoms with Crippen molar-refractivity contribution >= 4 is 17.2 Å². The summed E-state index contributed by atoms with van der Waals surface area (Å²) in [5, 5.41) is 9.79. The van der Waals surface area contributed by atoms with Crippen molar-refractivity contribution in [3.8, 4) is 6.07 Å². The number of rotatable bonds is 2. The molecule has 2 aromatic carbocycles. The highest BCUT2D eigenvalue weighted by molar-refractivity contribution is 6.23. The van der Waals surface area contributed by atoms with Gasteiger partial charge in [-0.05, 0) is 24.0 Å². The first kappa shape index (κ1) is 16.5. The number of nitrogens with zero attached hydrogens (tertiary/aromatic N) is 2. The number of carbonyl (C=O) groups is 1. The van der Waals surface area contributed by atoms with Gasteiger partial charge in [0.25, 0.3) is 0 Å². The maximum atomic E-state index is 13.1. The Bertz CT molecular complexity index is 1000. The minimum Gasteiger partial charge on any atom is -0.289 e. The molecule has 3 nitrogen and oxygen atoms in total. The Hall–Kier alpha value is -2.99. The van der Waals surface area contributed by atoms with Crippen molar-refractivity contribution in [1.82, 2.24) is 0 Å². The molecule has 0 saturated carbocycles. The second-order valence-corrected chi connectivity index (χ2v) is 7.30. The maximum absolute atomic E-state index is 13.1. The van der Waals surface area contributed by atoms with E-state index in [0.29, 0.717) is 17.1 Å². The van der Waals surface area contributed by atoms with E-state index in [4.69, 9.17) is 0 Å². The van der Waals surface area contributed by atoms with E-state index >= 15 is 0 Å². The van der Waals surface area contributed by atoms with Gasteiger partial charge in [0.2, 0.25) is 0 Å². The van der Waals surface area contributed by atoms with Crippen LogP contribution in [-0.4, -0.2) is 11.5 Å². The molecule has 0 spiro atoms. The van der Waals surface area contributed by atoms with Crippen LogP contribution in [0, 0.1) is 17.2 Å². The van der Waals surface area contributed by atoms with E-state index in [1.54, 1.807) is 0 Å². The molecule has 0 N–H and O–H groups in total. The van der Waals surface area contributed by atoms with Crippen LogP contribution in [0.2, 0.25) is 0 Å². The number of carbonyl (C=O) groups excluding carboxylic acids is 1. The number of ketones is 1. The van der Waals surface area contributed by atoms with E-state index in [-0.39, 0.29) is 11.7 Å². The van der Waals surface area contributed by atoms with Gasteiger partial charge in [-0.25, -0.2) is 0 Å². The standard InChI is InChI=1S/C23H20N2O/c1-13(2)15-8-10-16(11-9-15)20-19(12-24)14(3)25-22-17-6-4-5-7-18(17)23(26)21(20)22/h4-11,13,19-20H,1-3H3/t19?,20-/m0/s1. The van der Waals surface area contributed by atoms with Crippen molar-refractivity contribution in [2.24, 2.45) is 10.9 Å². The summed E-state index contributed by atoms with van der Waals surface area (Å²) in [5.41, 5.74) is 6.01. The fourth-order valence-electron chi connectivity index (χ4n) is 3.96. The van der Waals surface area contributed by atoms with Gasteiger partial charge in [-0.3, -0.25) is 9.79 Å². The Morgan fingerprint density at radius 3 is 2.31 bits per heavy atom. The minimum absolute atomic E-state index is 0.00466. The average Bonchev–Trinajstić information content (AvgIpc) is 2.93. The van der Waals surface area contributed by atoms with Crippen LogP contribution in [-0.2, 0) is 0 Å². The van der Waals surface area contributed by atoms with Crippen LogP contribution in [0.3, 0.4) is 0 Å². The summed E-state index contributed by atoms with van der Waals surface area (Å²) in [5.74, 6) is -0.242. The number of Topliss-reactive ketones (excluding diaryl/α,β-unsaturated/α-hetero) is 1. The first-order chi connectivity index (χ1) is 12.5. The summed E-state index contributed by atoms with van der Waals surface area (Å²) in [6.45, 7) is 6.20. The maximum Gasteiger partial charge on any atom is 0.192 e. The van der Waals surface area contributed by atoms with Crippen LogP contribution in [0.4, 0.5) is 0 Å². The SMILES string of the molecule is CC1=NC2=C(C(=O)c3ccccc32)[C@@H](c2ccc(C(C)C)cc2)C1C#N. The van der Waals surface area contributed by atoms with Gasteiger partial charge in [0.05, 0.1) is 17.7 Å². The molecule has 26 heavy (non-hydrogen) atoms. The van der Waals surface area contributed by atoms with E-state index in [2.05, 4.69) is 49.2 Å². The number of benzene rings is 2. The fourth-order valence-corrected chi connectivity index (χ4v) is 3.96. The summed E-state index contributed by atoms with van der Waals surface area (Å²) in [6, 6.07) is 18.3.